The predicted octanol–water partition coefficient (Wildman–Crippen LogP) is 0.684. The predicted molar refractivity (Wildman–Crippen MR) is 64.2 cm³/mol. The molecule has 0 aromatic carbocycles. The van der Waals surface area contributed by atoms with E-state index in [-0.39, 0.29) is 6.42 Å². The first-order valence-corrected chi connectivity index (χ1v) is 6.23. The Labute approximate surface area is 118 Å². The second-order valence-electron chi connectivity index (χ2n) is 5.09. The van der Waals surface area contributed by atoms with Gasteiger partial charge in [0.1, 0.15) is 0 Å². The van der Waals surface area contributed by atoms with Gasteiger partial charge in [0.2, 0.25) is 5.91 Å². The molecule has 1 aliphatic rings. The van der Waals surface area contributed by atoms with E-state index in [1.54, 1.807) is 13.2 Å². The summed E-state index contributed by atoms with van der Waals surface area (Å²) in [5.74, 6) is -5.69. The maximum atomic E-state index is 12.8. The van der Waals surface area contributed by atoms with E-state index in [2.05, 4.69) is 5.10 Å². The summed E-state index contributed by atoms with van der Waals surface area (Å²) >= 11 is 0. The normalized spacial score (nSPS) is 22.6. The van der Waals surface area contributed by atoms with E-state index < -0.39 is 43.0 Å². The first-order valence-electron chi connectivity index (χ1n) is 6.23. The fraction of sp³-hybridized carbons (Fsp3) is 0.583. The van der Waals surface area contributed by atoms with Crippen molar-refractivity contribution in [1.29, 1.82) is 0 Å². The van der Waals surface area contributed by atoms with E-state index in [4.69, 9.17) is 5.11 Å². The number of aliphatic carboxylic acids is 1. The Balaban J connectivity index is 2.08. The zero-order chi connectivity index (χ0) is 15.8. The number of hydrogen-bond acceptors (Lipinski definition) is 3. The molecular formula is C12H14F3N3O3. The third-order valence-corrected chi connectivity index (χ3v) is 3.52. The molecule has 116 valence electrons. The number of rotatable bonds is 3. The summed E-state index contributed by atoms with van der Waals surface area (Å²) in [6.45, 7) is -1.03. The van der Waals surface area contributed by atoms with Gasteiger partial charge in [-0.3, -0.25) is 14.3 Å². The molecule has 1 N–H and O–H groups in total. The highest BCUT2D eigenvalue weighted by Gasteiger charge is 2.53. The molecule has 0 spiro atoms. The summed E-state index contributed by atoms with van der Waals surface area (Å²) in [6.07, 6.45) is -1.69. The van der Waals surface area contributed by atoms with Crippen LogP contribution in [0.3, 0.4) is 0 Å². The monoisotopic (exact) mass is 305 g/mol. The highest BCUT2D eigenvalue weighted by atomic mass is 19.4. The largest absolute Gasteiger partial charge is 0.481 e. The highest BCUT2D eigenvalue weighted by Crippen LogP contribution is 2.37. The topological polar surface area (TPSA) is 75.4 Å². The van der Waals surface area contributed by atoms with Crippen molar-refractivity contribution < 1.29 is 27.9 Å². The molecule has 1 aliphatic heterocycles. The van der Waals surface area contributed by atoms with Crippen molar-refractivity contribution in [2.24, 2.45) is 18.9 Å². The Morgan fingerprint density at radius 3 is 2.52 bits per heavy atom. The number of carboxylic acids is 1. The lowest BCUT2D eigenvalue weighted by molar-refractivity contribution is -0.188. The van der Waals surface area contributed by atoms with Crippen LogP contribution in [0.1, 0.15) is 5.56 Å². The Hall–Kier alpha value is -2.06. The van der Waals surface area contributed by atoms with Crippen molar-refractivity contribution in [3.63, 3.8) is 0 Å². The van der Waals surface area contributed by atoms with Crippen molar-refractivity contribution in [3.8, 4) is 0 Å². The molecule has 0 unspecified atom stereocenters. The highest BCUT2D eigenvalue weighted by molar-refractivity contribution is 5.80. The van der Waals surface area contributed by atoms with Crippen LogP contribution in [0.2, 0.25) is 0 Å². The van der Waals surface area contributed by atoms with E-state index in [0.717, 1.165) is 4.90 Å². The fourth-order valence-electron chi connectivity index (χ4n) is 2.44. The Morgan fingerprint density at radius 1 is 1.43 bits per heavy atom. The van der Waals surface area contributed by atoms with Crippen LogP contribution in [0.15, 0.2) is 12.4 Å². The smallest absolute Gasteiger partial charge is 0.394 e. The number of hydrogen-bond donors (Lipinski definition) is 1. The van der Waals surface area contributed by atoms with Crippen molar-refractivity contribution in [2.75, 3.05) is 13.1 Å². The fourth-order valence-corrected chi connectivity index (χ4v) is 2.44. The molecule has 1 aromatic rings. The molecular weight excluding hydrogens is 291 g/mol. The molecule has 2 rings (SSSR count). The number of halogens is 3. The van der Waals surface area contributed by atoms with Crippen LogP contribution in [-0.4, -0.2) is 50.9 Å². The van der Waals surface area contributed by atoms with Gasteiger partial charge in [-0.1, -0.05) is 0 Å². The van der Waals surface area contributed by atoms with Crippen LogP contribution in [0.4, 0.5) is 13.2 Å². The molecule has 1 fully saturated rings. The molecule has 1 saturated heterocycles. The average molecular weight is 305 g/mol. The SMILES string of the molecule is Cn1cc(CC(=O)N2C[C@@H](C(F)(F)F)[C@H](C(=O)O)C2)cn1. The van der Waals surface area contributed by atoms with Crippen LogP contribution >= 0.6 is 0 Å². The van der Waals surface area contributed by atoms with Gasteiger partial charge in [0.15, 0.2) is 0 Å². The lowest BCUT2D eigenvalue weighted by Crippen LogP contribution is -2.34. The van der Waals surface area contributed by atoms with Gasteiger partial charge in [-0.2, -0.15) is 18.3 Å². The molecule has 2 atom stereocenters. The van der Waals surface area contributed by atoms with Gasteiger partial charge in [0, 0.05) is 26.3 Å². The lowest BCUT2D eigenvalue weighted by atomic mass is 9.96. The number of alkyl halides is 3. The van der Waals surface area contributed by atoms with E-state index in [1.807, 2.05) is 0 Å². The third-order valence-electron chi connectivity index (χ3n) is 3.52. The van der Waals surface area contributed by atoms with Gasteiger partial charge >= 0.3 is 12.1 Å². The van der Waals surface area contributed by atoms with E-state index in [1.165, 1.54) is 10.9 Å². The van der Waals surface area contributed by atoms with Crippen molar-refractivity contribution in [2.45, 2.75) is 12.6 Å². The van der Waals surface area contributed by atoms with Gasteiger partial charge in [-0.15, -0.1) is 0 Å². The molecule has 0 aliphatic carbocycles. The minimum atomic E-state index is -4.63. The molecule has 21 heavy (non-hydrogen) atoms. The second-order valence-corrected chi connectivity index (χ2v) is 5.09. The Bertz CT molecular complexity index is 555. The molecule has 0 bridgehead atoms. The summed E-state index contributed by atoms with van der Waals surface area (Å²) in [4.78, 5) is 23.9. The first-order chi connectivity index (χ1) is 9.68. The van der Waals surface area contributed by atoms with Gasteiger partial charge in [-0.25, -0.2) is 0 Å². The number of carboxylic acid groups (broad SMARTS) is 1. The molecule has 2 heterocycles. The quantitative estimate of drug-likeness (QED) is 0.891. The average Bonchev–Trinajstić information content (AvgIpc) is 2.94. The summed E-state index contributed by atoms with van der Waals surface area (Å²) in [7, 11) is 1.66. The van der Waals surface area contributed by atoms with Crippen molar-refractivity contribution >= 4 is 11.9 Å². The third kappa shape index (κ3) is 3.34. The number of aromatic nitrogens is 2. The molecule has 1 amide bonds. The van der Waals surface area contributed by atoms with E-state index in [0.29, 0.717) is 5.56 Å². The zero-order valence-electron chi connectivity index (χ0n) is 11.2. The van der Waals surface area contributed by atoms with Crippen LogP contribution in [0.5, 0.6) is 0 Å². The van der Waals surface area contributed by atoms with Crippen molar-refractivity contribution in [1.82, 2.24) is 14.7 Å². The molecule has 0 saturated carbocycles. The Kier molecular flexibility index (Phi) is 3.93. The van der Waals surface area contributed by atoms with Crippen molar-refractivity contribution in [3.05, 3.63) is 18.0 Å². The van der Waals surface area contributed by atoms with Crippen LogP contribution in [0, 0.1) is 11.8 Å². The number of carbonyl (C=O) groups is 2. The van der Waals surface area contributed by atoms with Gasteiger partial charge in [0.05, 0.1) is 24.5 Å². The maximum absolute atomic E-state index is 12.8. The maximum Gasteiger partial charge on any atom is 0.394 e. The summed E-state index contributed by atoms with van der Waals surface area (Å²) in [5, 5.41) is 12.8. The standard InChI is InChI=1S/C12H14F3N3O3/c1-17-4-7(3-16-17)2-10(19)18-5-8(11(20)21)9(6-18)12(13,14)15/h3-4,8-9H,2,5-6H2,1H3,(H,20,21)/t8-,9-/m1/s1. The van der Waals surface area contributed by atoms with Gasteiger partial charge in [0.25, 0.3) is 0 Å². The van der Waals surface area contributed by atoms with Crippen LogP contribution in [0.25, 0.3) is 0 Å². The zero-order valence-corrected chi connectivity index (χ0v) is 11.2. The van der Waals surface area contributed by atoms with E-state index >= 15 is 0 Å². The summed E-state index contributed by atoms with van der Waals surface area (Å²) in [6, 6.07) is 0. The molecule has 6 nitrogen and oxygen atoms in total. The summed E-state index contributed by atoms with van der Waals surface area (Å²) in [5.41, 5.74) is 0.574. The number of likely N-dealkylation sites (tertiary alicyclic amines) is 1. The second kappa shape index (κ2) is 5.38. The minimum Gasteiger partial charge on any atom is -0.481 e. The molecule has 9 heteroatoms. The molecule has 0 radical (unpaired) electrons. The number of aryl methyl sites for hydroxylation is 1. The number of carbonyl (C=O) groups excluding carboxylic acids is 1. The molecule has 1 aromatic heterocycles. The summed E-state index contributed by atoms with van der Waals surface area (Å²) < 4.78 is 39.9. The number of nitrogens with zero attached hydrogens (tertiary/aromatic N) is 3. The minimum absolute atomic E-state index is 0.0925. The van der Waals surface area contributed by atoms with Gasteiger partial charge < -0.3 is 10.0 Å². The Morgan fingerprint density at radius 2 is 2.10 bits per heavy atom. The number of amides is 1. The lowest BCUT2D eigenvalue weighted by Gasteiger charge is -2.18. The van der Waals surface area contributed by atoms with Gasteiger partial charge in [-0.05, 0) is 5.56 Å². The van der Waals surface area contributed by atoms with Crippen LogP contribution in [-0.2, 0) is 23.1 Å². The van der Waals surface area contributed by atoms with Crippen LogP contribution < -0.4 is 0 Å². The first kappa shape index (κ1) is 15.3. The van der Waals surface area contributed by atoms with E-state index in [9.17, 15) is 22.8 Å².